The maximum absolute atomic E-state index is 12.8. The lowest BCUT2D eigenvalue weighted by atomic mass is 10.2. The molecule has 6 nitrogen and oxygen atoms in total. The van der Waals surface area contributed by atoms with Crippen LogP contribution >= 0.6 is 11.3 Å². The fraction of sp³-hybridized carbons (Fsp3) is 0.364. The number of hydrogen-bond acceptors (Lipinski definition) is 5. The Morgan fingerprint density at radius 2 is 1.79 bits per heavy atom. The fourth-order valence-electron chi connectivity index (χ4n) is 3.66. The number of piperazine rings is 1. The molecule has 0 saturated carbocycles. The Bertz CT molecular complexity index is 964. The number of pyridine rings is 1. The zero-order chi connectivity index (χ0) is 20.4. The zero-order valence-corrected chi connectivity index (χ0v) is 18.0. The number of hydrogen-bond donors (Lipinski definition) is 1. The summed E-state index contributed by atoms with van der Waals surface area (Å²) < 4.78 is 2.13. The normalized spacial score (nSPS) is 14.9. The molecule has 1 fully saturated rings. The van der Waals surface area contributed by atoms with Crippen LogP contribution in [0.3, 0.4) is 0 Å². The van der Waals surface area contributed by atoms with Gasteiger partial charge in [0.25, 0.3) is 5.91 Å². The van der Waals surface area contributed by atoms with Crippen molar-refractivity contribution in [3.8, 4) is 5.00 Å². The van der Waals surface area contributed by atoms with E-state index in [2.05, 4.69) is 69.8 Å². The van der Waals surface area contributed by atoms with Crippen LogP contribution < -0.4 is 10.2 Å². The largest absolute Gasteiger partial charge is 0.354 e. The molecule has 29 heavy (non-hydrogen) atoms. The van der Waals surface area contributed by atoms with Gasteiger partial charge in [-0.15, -0.1) is 11.3 Å². The molecule has 3 aromatic rings. The standard InChI is InChI=1S/C22H27N5OS/c1-16-4-5-17(2)27(16)22-19(8-13-29-22)21(28)24-15-18-6-7-20(23-14-18)26-11-9-25(3)10-12-26/h4-8,13-14H,9-12,15H2,1-3H3,(H,24,28). The summed E-state index contributed by atoms with van der Waals surface area (Å²) in [6.45, 7) is 8.70. The number of nitrogens with zero attached hydrogens (tertiary/aromatic N) is 4. The minimum absolute atomic E-state index is 0.0584. The quantitative estimate of drug-likeness (QED) is 0.703. The maximum atomic E-state index is 12.8. The second-order valence-corrected chi connectivity index (χ2v) is 8.48. The first-order chi connectivity index (χ1) is 14.0. The molecule has 3 aromatic heterocycles. The highest BCUT2D eigenvalue weighted by molar-refractivity contribution is 7.13. The number of rotatable bonds is 5. The molecule has 1 aliphatic heterocycles. The Kier molecular flexibility index (Phi) is 5.69. The van der Waals surface area contributed by atoms with Crippen LogP contribution in [-0.4, -0.2) is 53.6 Å². The van der Waals surface area contributed by atoms with Crippen LogP contribution in [0.25, 0.3) is 5.00 Å². The smallest absolute Gasteiger partial charge is 0.254 e. The predicted octanol–water partition coefficient (Wildman–Crippen LogP) is 3.23. The molecule has 7 heteroatoms. The Labute approximate surface area is 175 Å². The van der Waals surface area contributed by atoms with Crippen molar-refractivity contribution in [3.05, 3.63) is 64.4 Å². The van der Waals surface area contributed by atoms with Crippen molar-refractivity contribution in [2.24, 2.45) is 0 Å². The summed E-state index contributed by atoms with van der Waals surface area (Å²) in [5.41, 5.74) is 3.96. The third-order valence-corrected chi connectivity index (χ3v) is 6.35. The summed E-state index contributed by atoms with van der Waals surface area (Å²) in [6, 6.07) is 10.1. The van der Waals surface area contributed by atoms with E-state index in [0.717, 1.165) is 53.9 Å². The van der Waals surface area contributed by atoms with Crippen LogP contribution in [0.2, 0.25) is 0 Å². The molecule has 0 aromatic carbocycles. The molecule has 0 aliphatic carbocycles. The Balaban J connectivity index is 1.40. The highest BCUT2D eigenvalue weighted by atomic mass is 32.1. The molecule has 0 atom stereocenters. The van der Waals surface area contributed by atoms with Crippen LogP contribution in [0.5, 0.6) is 0 Å². The van der Waals surface area contributed by atoms with E-state index in [1.807, 2.05) is 17.6 Å². The van der Waals surface area contributed by atoms with Gasteiger partial charge in [-0.1, -0.05) is 6.07 Å². The molecule has 0 bridgehead atoms. The van der Waals surface area contributed by atoms with Crippen molar-refractivity contribution in [1.29, 1.82) is 0 Å². The molecule has 0 unspecified atom stereocenters. The van der Waals surface area contributed by atoms with Gasteiger partial charge in [0.05, 0.1) is 5.56 Å². The summed E-state index contributed by atoms with van der Waals surface area (Å²) >= 11 is 1.58. The molecule has 1 amide bonds. The number of nitrogens with one attached hydrogen (secondary N) is 1. The highest BCUT2D eigenvalue weighted by Gasteiger charge is 2.17. The molecular weight excluding hydrogens is 382 g/mol. The average Bonchev–Trinajstić information content (AvgIpc) is 3.33. The van der Waals surface area contributed by atoms with Gasteiger partial charge in [0.2, 0.25) is 0 Å². The summed E-state index contributed by atoms with van der Waals surface area (Å²) in [5.74, 6) is 0.948. The van der Waals surface area contributed by atoms with E-state index < -0.39 is 0 Å². The lowest BCUT2D eigenvalue weighted by molar-refractivity contribution is 0.0951. The number of carbonyl (C=O) groups excluding carboxylic acids is 1. The van der Waals surface area contributed by atoms with Gasteiger partial charge in [0.1, 0.15) is 10.8 Å². The van der Waals surface area contributed by atoms with Crippen molar-refractivity contribution in [2.75, 3.05) is 38.1 Å². The van der Waals surface area contributed by atoms with Gasteiger partial charge in [0, 0.05) is 50.3 Å². The second kappa shape index (κ2) is 8.39. The minimum Gasteiger partial charge on any atom is -0.354 e. The number of anilines is 1. The van der Waals surface area contributed by atoms with Gasteiger partial charge in [0.15, 0.2) is 0 Å². The van der Waals surface area contributed by atoms with Gasteiger partial charge >= 0.3 is 0 Å². The first kappa shape index (κ1) is 19.7. The van der Waals surface area contributed by atoms with Gasteiger partial charge in [-0.2, -0.15) is 0 Å². The molecule has 152 valence electrons. The monoisotopic (exact) mass is 409 g/mol. The van der Waals surface area contributed by atoms with Gasteiger partial charge in [-0.25, -0.2) is 4.98 Å². The molecule has 4 heterocycles. The molecule has 0 radical (unpaired) electrons. The van der Waals surface area contributed by atoms with Crippen molar-refractivity contribution >= 4 is 23.1 Å². The van der Waals surface area contributed by atoms with Crippen molar-refractivity contribution < 1.29 is 4.79 Å². The van der Waals surface area contributed by atoms with E-state index >= 15 is 0 Å². The van der Waals surface area contributed by atoms with E-state index in [1.165, 1.54) is 0 Å². The molecule has 1 N–H and O–H groups in total. The molecular formula is C22H27N5OS. The molecule has 1 aliphatic rings. The SMILES string of the molecule is Cc1ccc(C)n1-c1sccc1C(=O)NCc1ccc(N2CCN(C)CC2)nc1. The number of carbonyl (C=O) groups is 1. The topological polar surface area (TPSA) is 53.4 Å². The number of thiophene rings is 1. The van der Waals surface area contributed by atoms with E-state index in [4.69, 9.17) is 0 Å². The summed E-state index contributed by atoms with van der Waals surface area (Å²) in [4.78, 5) is 22.1. The van der Waals surface area contributed by atoms with Crippen molar-refractivity contribution in [3.63, 3.8) is 0 Å². The first-order valence-electron chi connectivity index (χ1n) is 9.92. The molecule has 4 rings (SSSR count). The molecule has 1 saturated heterocycles. The first-order valence-corrected chi connectivity index (χ1v) is 10.8. The van der Waals surface area contributed by atoms with Crippen LogP contribution in [0, 0.1) is 13.8 Å². The van der Waals surface area contributed by atoms with E-state index in [9.17, 15) is 4.79 Å². The minimum atomic E-state index is -0.0584. The second-order valence-electron chi connectivity index (χ2n) is 7.59. The number of aryl methyl sites for hydroxylation is 2. The van der Waals surface area contributed by atoms with Crippen molar-refractivity contribution in [2.45, 2.75) is 20.4 Å². The maximum Gasteiger partial charge on any atom is 0.254 e. The summed E-state index contributed by atoms with van der Waals surface area (Å²) in [5, 5.41) is 5.97. The van der Waals surface area contributed by atoms with Crippen LogP contribution in [0.1, 0.15) is 27.3 Å². The Hall–Kier alpha value is -2.64. The number of amides is 1. The fourth-order valence-corrected chi connectivity index (χ4v) is 4.67. The van der Waals surface area contributed by atoms with E-state index in [-0.39, 0.29) is 5.91 Å². The van der Waals surface area contributed by atoms with Crippen LogP contribution in [-0.2, 0) is 6.54 Å². The predicted molar refractivity (Wildman–Crippen MR) is 118 cm³/mol. The summed E-state index contributed by atoms with van der Waals surface area (Å²) in [6.07, 6.45) is 1.86. The van der Waals surface area contributed by atoms with Gasteiger partial charge in [-0.3, -0.25) is 4.79 Å². The lowest BCUT2D eigenvalue weighted by Gasteiger charge is -2.33. The van der Waals surface area contributed by atoms with Crippen molar-refractivity contribution in [1.82, 2.24) is 19.8 Å². The van der Waals surface area contributed by atoms with Gasteiger partial charge in [-0.05, 0) is 56.1 Å². The number of aromatic nitrogens is 2. The highest BCUT2D eigenvalue weighted by Crippen LogP contribution is 2.26. The van der Waals surface area contributed by atoms with E-state index in [1.54, 1.807) is 11.3 Å². The van der Waals surface area contributed by atoms with E-state index in [0.29, 0.717) is 12.1 Å². The third-order valence-electron chi connectivity index (χ3n) is 5.45. The van der Waals surface area contributed by atoms with Crippen LogP contribution in [0.4, 0.5) is 5.82 Å². The third kappa shape index (κ3) is 4.21. The zero-order valence-electron chi connectivity index (χ0n) is 17.2. The Morgan fingerprint density at radius 3 is 2.45 bits per heavy atom. The van der Waals surface area contributed by atoms with Crippen LogP contribution in [0.15, 0.2) is 41.9 Å². The Morgan fingerprint density at radius 1 is 1.07 bits per heavy atom. The number of likely N-dealkylation sites (N-methyl/N-ethyl adjacent to an activating group) is 1. The average molecular weight is 410 g/mol. The molecule has 0 spiro atoms. The lowest BCUT2D eigenvalue weighted by Crippen LogP contribution is -2.44. The van der Waals surface area contributed by atoms with Gasteiger partial charge < -0.3 is 19.7 Å². The summed E-state index contributed by atoms with van der Waals surface area (Å²) in [7, 11) is 2.15.